The molecule has 3 atom stereocenters. The van der Waals surface area contributed by atoms with Crippen LogP contribution >= 0.6 is 0 Å². The number of aliphatic hydroxyl groups excluding tert-OH is 2. The zero-order valence-corrected chi connectivity index (χ0v) is 13.8. The molecule has 146 valence electrons. The van der Waals surface area contributed by atoms with Gasteiger partial charge in [0, 0.05) is 19.4 Å². The number of nitrogens with two attached hydrogens (primary N) is 2. The molecule has 26 heavy (non-hydrogen) atoms. The van der Waals surface area contributed by atoms with Crippen LogP contribution in [0.15, 0.2) is 4.52 Å². The Balaban J connectivity index is 2.85. The zero-order valence-electron chi connectivity index (χ0n) is 13.8. The smallest absolute Gasteiger partial charge is 0.326 e. The number of aliphatic carboxylic acids is 1. The second-order valence-electron chi connectivity index (χ2n) is 5.36. The molecular weight excluding hydrogens is 352 g/mol. The summed E-state index contributed by atoms with van der Waals surface area (Å²) in [7, 11) is 0. The van der Waals surface area contributed by atoms with Crippen molar-refractivity contribution in [1.82, 2.24) is 20.8 Å². The van der Waals surface area contributed by atoms with E-state index in [9.17, 15) is 14.4 Å². The summed E-state index contributed by atoms with van der Waals surface area (Å²) in [5.74, 6) is -2.05. The number of hydrogen-bond donors (Lipinski definition) is 7. The van der Waals surface area contributed by atoms with Gasteiger partial charge in [0.2, 0.25) is 11.8 Å². The number of primary amides is 1. The lowest BCUT2D eigenvalue weighted by Gasteiger charge is -2.18. The van der Waals surface area contributed by atoms with Gasteiger partial charge in [-0.15, -0.1) is 0 Å². The van der Waals surface area contributed by atoms with E-state index in [1.165, 1.54) is 0 Å². The number of nitrogens with zero attached hydrogens (tertiary/aromatic N) is 2. The average molecular weight is 374 g/mol. The number of carbonyl (C=O) groups is 3. The molecule has 1 aromatic rings. The van der Waals surface area contributed by atoms with Gasteiger partial charge < -0.3 is 41.9 Å². The summed E-state index contributed by atoms with van der Waals surface area (Å²) >= 11 is 0. The lowest BCUT2D eigenvalue weighted by Crippen LogP contribution is -2.47. The molecule has 0 saturated carbocycles. The first kappa shape index (κ1) is 21.3. The first-order chi connectivity index (χ1) is 12.3. The number of hydrogen-bond acceptors (Lipinski definition) is 9. The van der Waals surface area contributed by atoms with Crippen molar-refractivity contribution in [2.45, 2.75) is 37.4 Å². The largest absolute Gasteiger partial charge is 0.480 e. The van der Waals surface area contributed by atoms with Crippen molar-refractivity contribution in [1.29, 1.82) is 0 Å². The monoisotopic (exact) mass is 374 g/mol. The molecule has 1 aromatic heterocycles. The Labute approximate surface area is 147 Å². The first-order valence-electron chi connectivity index (χ1n) is 7.67. The van der Waals surface area contributed by atoms with E-state index in [4.69, 9.17) is 31.3 Å². The SMILES string of the molecule is NC(=O)CC[C@H](NC(=O)N[C@@H](CCO)C(=O)O)c1nc([C@@H](N)CO)no1. The van der Waals surface area contributed by atoms with Gasteiger partial charge in [-0.1, -0.05) is 5.16 Å². The van der Waals surface area contributed by atoms with Gasteiger partial charge in [0.25, 0.3) is 0 Å². The van der Waals surface area contributed by atoms with Crippen LogP contribution in [0.5, 0.6) is 0 Å². The minimum atomic E-state index is -1.32. The highest BCUT2D eigenvalue weighted by Gasteiger charge is 2.26. The van der Waals surface area contributed by atoms with Crippen molar-refractivity contribution in [2.24, 2.45) is 11.5 Å². The number of carbonyl (C=O) groups excluding carboxylic acids is 2. The summed E-state index contributed by atoms with van der Waals surface area (Å²) in [6, 6.07) is -4.03. The molecule has 0 aliphatic rings. The van der Waals surface area contributed by atoms with Gasteiger partial charge in [-0.25, -0.2) is 9.59 Å². The fourth-order valence-corrected chi connectivity index (χ4v) is 1.91. The molecule has 0 bridgehead atoms. The van der Waals surface area contributed by atoms with Gasteiger partial charge in [-0.2, -0.15) is 4.98 Å². The number of aliphatic hydroxyl groups is 2. The van der Waals surface area contributed by atoms with Crippen molar-refractivity contribution < 1.29 is 34.2 Å². The topological polar surface area (TPSA) is 227 Å². The van der Waals surface area contributed by atoms with Crippen LogP contribution < -0.4 is 22.1 Å². The molecule has 0 saturated heterocycles. The van der Waals surface area contributed by atoms with Gasteiger partial charge in [0.15, 0.2) is 5.82 Å². The molecule has 0 aromatic carbocycles. The summed E-state index contributed by atoms with van der Waals surface area (Å²) in [6.45, 7) is -0.866. The standard InChI is InChI=1S/C13H22N6O7/c14-6(5-21)10-18-11(26-19-10)7(1-2-9(15)22)16-13(25)17-8(3-4-20)12(23)24/h6-8,20-21H,1-5,14H2,(H2,15,22)(H,23,24)(H2,16,17,25)/t6-,7-,8-/m0/s1. The van der Waals surface area contributed by atoms with Gasteiger partial charge in [-0.3, -0.25) is 4.79 Å². The number of carboxylic acids is 1. The van der Waals surface area contributed by atoms with E-state index in [2.05, 4.69) is 20.8 Å². The molecule has 9 N–H and O–H groups in total. The van der Waals surface area contributed by atoms with Gasteiger partial charge in [-0.05, 0) is 6.42 Å². The predicted molar refractivity (Wildman–Crippen MR) is 84.3 cm³/mol. The zero-order chi connectivity index (χ0) is 19.7. The van der Waals surface area contributed by atoms with Gasteiger partial charge >= 0.3 is 12.0 Å². The van der Waals surface area contributed by atoms with Crippen LogP contribution in [0.2, 0.25) is 0 Å². The lowest BCUT2D eigenvalue weighted by atomic mass is 10.1. The van der Waals surface area contributed by atoms with E-state index in [1.54, 1.807) is 0 Å². The average Bonchev–Trinajstić information content (AvgIpc) is 3.07. The molecule has 13 nitrogen and oxygen atoms in total. The Morgan fingerprint density at radius 3 is 2.42 bits per heavy atom. The van der Waals surface area contributed by atoms with Crippen LogP contribution in [0.1, 0.15) is 43.1 Å². The summed E-state index contributed by atoms with van der Waals surface area (Å²) in [4.78, 5) is 38.0. The van der Waals surface area contributed by atoms with Crippen LogP contribution in [-0.4, -0.2) is 62.6 Å². The molecule has 1 heterocycles. The fraction of sp³-hybridized carbons (Fsp3) is 0.615. The maximum atomic E-state index is 12.0. The summed E-state index contributed by atoms with van der Waals surface area (Å²) in [5, 5.41) is 34.9. The van der Waals surface area contributed by atoms with Crippen molar-refractivity contribution in [3.63, 3.8) is 0 Å². The highest BCUT2D eigenvalue weighted by atomic mass is 16.5. The maximum absolute atomic E-state index is 12.0. The number of rotatable bonds is 11. The Hall–Kier alpha value is -2.77. The van der Waals surface area contributed by atoms with E-state index in [0.29, 0.717) is 0 Å². The van der Waals surface area contributed by atoms with Crippen LogP contribution in [0.4, 0.5) is 4.79 Å². The number of nitrogens with one attached hydrogen (secondary N) is 2. The Bertz CT molecular complexity index is 622. The molecule has 0 aliphatic carbocycles. The van der Waals surface area contributed by atoms with Crippen LogP contribution in [-0.2, 0) is 9.59 Å². The third-order valence-electron chi connectivity index (χ3n) is 3.29. The minimum absolute atomic E-state index is 0.00234. The number of urea groups is 1. The lowest BCUT2D eigenvalue weighted by molar-refractivity contribution is -0.139. The summed E-state index contributed by atoms with van der Waals surface area (Å²) in [6.07, 6.45) is -0.297. The van der Waals surface area contributed by atoms with E-state index in [1.807, 2.05) is 0 Å². The van der Waals surface area contributed by atoms with Crippen molar-refractivity contribution in [3.8, 4) is 0 Å². The number of amides is 3. The molecule has 0 radical (unpaired) electrons. The Morgan fingerprint density at radius 1 is 1.19 bits per heavy atom. The van der Waals surface area contributed by atoms with E-state index in [0.717, 1.165) is 0 Å². The molecule has 0 aliphatic heterocycles. The number of carboxylic acid groups (broad SMARTS) is 1. The van der Waals surface area contributed by atoms with Gasteiger partial charge in [0.05, 0.1) is 12.6 Å². The Morgan fingerprint density at radius 2 is 1.88 bits per heavy atom. The third kappa shape index (κ3) is 6.62. The second kappa shape index (κ2) is 10.3. The molecule has 0 unspecified atom stereocenters. The van der Waals surface area contributed by atoms with Crippen LogP contribution in [0.25, 0.3) is 0 Å². The van der Waals surface area contributed by atoms with E-state index >= 15 is 0 Å². The highest BCUT2D eigenvalue weighted by molar-refractivity contribution is 5.82. The maximum Gasteiger partial charge on any atom is 0.326 e. The third-order valence-corrected chi connectivity index (χ3v) is 3.29. The minimum Gasteiger partial charge on any atom is -0.480 e. The second-order valence-corrected chi connectivity index (χ2v) is 5.36. The van der Waals surface area contributed by atoms with E-state index < -0.39 is 49.2 Å². The molecule has 3 amide bonds. The van der Waals surface area contributed by atoms with Crippen molar-refractivity contribution >= 4 is 17.9 Å². The molecule has 0 fully saturated rings. The fourth-order valence-electron chi connectivity index (χ4n) is 1.91. The highest BCUT2D eigenvalue weighted by Crippen LogP contribution is 2.18. The van der Waals surface area contributed by atoms with Gasteiger partial charge in [0.1, 0.15) is 12.1 Å². The predicted octanol–water partition coefficient (Wildman–Crippen LogP) is -2.50. The number of aromatic nitrogens is 2. The summed E-state index contributed by atoms with van der Waals surface area (Å²) < 4.78 is 4.98. The van der Waals surface area contributed by atoms with Crippen LogP contribution in [0, 0.1) is 0 Å². The Kier molecular flexibility index (Phi) is 8.41. The molecule has 0 spiro atoms. The normalized spacial score (nSPS) is 14.3. The molecule has 13 heteroatoms. The quantitative estimate of drug-likeness (QED) is 0.215. The van der Waals surface area contributed by atoms with E-state index in [-0.39, 0.29) is 31.0 Å². The molecule has 1 rings (SSSR count). The first-order valence-corrected chi connectivity index (χ1v) is 7.67. The van der Waals surface area contributed by atoms with Crippen molar-refractivity contribution in [2.75, 3.05) is 13.2 Å². The summed E-state index contributed by atoms with van der Waals surface area (Å²) in [5.41, 5.74) is 10.7. The molecular formula is C13H22N6O7. The van der Waals surface area contributed by atoms with Crippen LogP contribution in [0.3, 0.4) is 0 Å². The van der Waals surface area contributed by atoms with Crippen molar-refractivity contribution in [3.05, 3.63) is 11.7 Å².